The number of alkyl carbamates (subject to hydrolysis) is 1. The predicted octanol–water partition coefficient (Wildman–Crippen LogP) is 3.84. The zero-order valence-corrected chi connectivity index (χ0v) is 19.4. The van der Waals surface area contributed by atoms with Gasteiger partial charge in [0.1, 0.15) is 5.75 Å². The number of fused-ring (bicyclic) bond motifs is 1. The molecule has 0 saturated heterocycles. The summed E-state index contributed by atoms with van der Waals surface area (Å²) in [7, 11) is 4.08. The molecule has 0 bridgehead atoms. The number of ether oxygens (including phenoxy) is 3. The number of aromatic amines is 1. The fourth-order valence-corrected chi connectivity index (χ4v) is 3.23. The highest BCUT2D eigenvalue weighted by Gasteiger charge is 2.23. The summed E-state index contributed by atoms with van der Waals surface area (Å²) in [5, 5.41) is 3.75. The van der Waals surface area contributed by atoms with Crippen LogP contribution in [0.4, 0.5) is 4.79 Å². The molecule has 0 saturated carbocycles. The standard InChI is InChI=1S/C23H35N3O5/c1-7-29-22(28)25-23(3,4)13-11-20(27)31-16(2)30-19-10-8-9-18-21(19)17(15-24-18)12-14-26(5)6/h8-10,15-16,24H,7,11-14H2,1-6H3,(H,25,28). The Kier molecular flexibility index (Phi) is 8.74. The lowest BCUT2D eigenvalue weighted by Gasteiger charge is -2.25. The summed E-state index contributed by atoms with van der Waals surface area (Å²) in [4.78, 5) is 29.3. The highest BCUT2D eigenvalue weighted by Crippen LogP contribution is 2.30. The van der Waals surface area contributed by atoms with Gasteiger partial charge in [0.05, 0.1) is 6.61 Å². The van der Waals surface area contributed by atoms with Gasteiger partial charge < -0.3 is 29.4 Å². The van der Waals surface area contributed by atoms with E-state index >= 15 is 0 Å². The molecule has 31 heavy (non-hydrogen) atoms. The molecule has 2 N–H and O–H groups in total. The van der Waals surface area contributed by atoms with Crippen molar-refractivity contribution in [3.63, 3.8) is 0 Å². The van der Waals surface area contributed by atoms with Crippen LogP contribution in [0.1, 0.15) is 46.1 Å². The van der Waals surface area contributed by atoms with E-state index in [0.717, 1.165) is 29.4 Å². The van der Waals surface area contributed by atoms with E-state index in [9.17, 15) is 9.59 Å². The van der Waals surface area contributed by atoms with E-state index in [-0.39, 0.29) is 12.4 Å². The van der Waals surface area contributed by atoms with E-state index in [1.54, 1.807) is 13.8 Å². The molecule has 2 aromatic rings. The van der Waals surface area contributed by atoms with E-state index in [4.69, 9.17) is 14.2 Å². The molecule has 2 rings (SSSR count). The van der Waals surface area contributed by atoms with Crippen molar-refractivity contribution in [3.8, 4) is 5.75 Å². The number of carbonyl (C=O) groups excluding carboxylic acids is 2. The second kappa shape index (κ2) is 11.0. The minimum absolute atomic E-state index is 0.148. The van der Waals surface area contributed by atoms with Gasteiger partial charge in [0.15, 0.2) is 0 Å². The molecule has 8 heteroatoms. The smallest absolute Gasteiger partial charge is 0.407 e. The summed E-state index contributed by atoms with van der Waals surface area (Å²) in [6, 6.07) is 5.78. The summed E-state index contributed by atoms with van der Waals surface area (Å²) < 4.78 is 16.3. The Morgan fingerprint density at radius 2 is 2.00 bits per heavy atom. The molecular weight excluding hydrogens is 398 g/mol. The molecule has 1 heterocycles. The van der Waals surface area contributed by atoms with Gasteiger partial charge in [-0.1, -0.05) is 6.07 Å². The van der Waals surface area contributed by atoms with E-state index in [1.807, 2.05) is 52.3 Å². The maximum atomic E-state index is 12.3. The third-order valence-corrected chi connectivity index (χ3v) is 4.84. The van der Waals surface area contributed by atoms with Crippen molar-refractivity contribution < 1.29 is 23.8 Å². The first kappa shape index (κ1) is 24.5. The largest absolute Gasteiger partial charge is 0.454 e. The number of H-pyrrole nitrogens is 1. The van der Waals surface area contributed by atoms with Crippen molar-refractivity contribution in [3.05, 3.63) is 30.0 Å². The SMILES string of the molecule is CCOC(=O)NC(C)(C)CCC(=O)OC(C)Oc1cccc2[nH]cc(CCN(C)C)c12. The van der Waals surface area contributed by atoms with Gasteiger partial charge in [-0.05, 0) is 65.4 Å². The van der Waals surface area contributed by atoms with E-state index in [1.165, 1.54) is 0 Å². The first-order valence-corrected chi connectivity index (χ1v) is 10.7. The molecule has 0 aliphatic heterocycles. The van der Waals surface area contributed by atoms with Crippen LogP contribution in [-0.4, -0.2) is 61.0 Å². The number of nitrogens with zero attached hydrogens (tertiary/aromatic N) is 1. The van der Waals surface area contributed by atoms with Crippen LogP contribution < -0.4 is 10.1 Å². The van der Waals surface area contributed by atoms with Crippen molar-refractivity contribution in [1.29, 1.82) is 0 Å². The van der Waals surface area contributed by atoms with Gasteiger partial charge >= 0.3 is 12.1 Å². The molecule has 1 aromatic carbocycles. The number of likely N-dealkylation sites (N-methyl/N-ethyl adjacent to an activating group) is 1. The van der Waals surface area contributed by atoms with E-state index in [0.29, 0.717) is 18.8 Å². The second-order valence-electron chi connectivity index (χ2n) is 8.45. The minimum atomic E-state index is -0.740. The first-order chi connectivity index (χ1) is 14.6. The average Bonchev–Trinajstić information content (AvgIpc) is 3.09. The predicted molar refractivity (Wildman–Crippen MR) is 120 cm³/mol. The number of hydrogen-bond acceptors (Lipinski definition) is 6. The Hall–Kier alpha value is -2.74. The van der Waals surface area contributed by atoms with Crippen molar-refractivity contribution in [2.75, 3.05) is 27.2 Å². The van der Waals surface area contributed by atoms with E-state index in [2.05, 4.69) is 15.2 Å². The molecule has 0 fully saturated rings. The number of benzene rings is 1. The Labute approximate surface area is 184 Å². The summed E-state index contributed by atoms with van der Waals surface area (Å²) in [5.74, 6) is 0.289. The van der Waals surface area contributed by atoms with Gasteiger partial charge in [0.25, 0.3) is 0 Å². The first-order valence-electron chi connectivity index (χ1n) is 10.7. The average molecular weight is 434 g/mol. The van der Waals surface area contributed by atoms with Crippen LogP contribution in [0.25, 0.3) is 10.9 Å². The van der Waals surface area contributed by atoms with Crippen LogP contribution >= 0.6 is 0 Å². The number of amides is 1. The quantitative estimate of drug-likeness (QED) is 0.413. The van der Waals surface area contributed by atoms with Crippen molar-refractivity contribution in [1.82, 2.24) is 15.2 Å². The highest BCUT2D eigenvalue weighted by atomic mass is 16.7. The summed E-state index contributed by atoms with van der Waals surface area (Å²) in [6.45, 7) is 8.32. The van der Waals surface area contributed by atoms with Crippen molar-refractivity contribution in [2.45, 2.75) is 58.8 Å². The molecule has 1 unspecified atom stereocenters. The Bertz CT molecular complexity index is 875. The van der Waals surface area contributed by atoms with Gasteiger partial charge in [-0.15, -0.1) is 0 Å². The molecule has 1 atom stereocenters. The summed E-state index contributed by atoms with van der Waals surface area (Å²) >= 11 is 0. The van der Waals surface area contributed by atoms with Gasteiger partial charge in [-0.2, -0.15) is 0 Å². The molecule has 1 amide bonds. The molecule has 0 aliphatic carbocycles. The maximum Gasteiger partial charge on any atom is 0.407 e. The molecular formula is C23H35N3O5. The minimum Gasteiger partial charge on any atom is -0.454 e. The molecule has 1 aromatic heterocycles. The van der Waals surface area contributed by atoms with Crippen LogP contribution in [0.5, 0.6) is 5.75 Å². The summed E-state index contributed by atoms with van der Waals surface area (Å²) in [6.07, 6.45) is 2.20. The van der Waals surface area contributed by atoms with Crippen LogP contribution in [-0.2, 0) is 20.7 Å². The summed E-state index contributed by atoms with van der Waals surface area (Å²) in [5.41, 5.74) is 1.55. The number of hydrogen-bond donors (Lipinski definition) is 2. The zero-order valence-electron chi connectivity index (χ0n) is 19.4. The third-order valence-electron chi connectivity index (χ3n) is 4.84. The monoisotopic (exact) mass is 433 g/mol. The van der Waals surface area contributed by atoms with Crippen LogP contribution in [0.15, 0.2) is 24.4 Å². The van der Waals surface area contributed by atoms with E-state index < -0.39 is 17.9 Å². The molecule has 172 valence electrons. The lowest BCUT2D eigenvalue weighted by atomic mass is 9.99. The Morgan fingerprint density at radius 1 is 1.26 bits per heavy atom. The van der Waals surface area contributed by atoms with Crippen LogP contribution in [0.3, 0.4) is 0 Å². The highest BCUT2D eigenvalue weighted by molar-refractivity contribution is 5.89. The van der Waals surface area contributed by atoms with Gasteiger partial charge in [-0.3, -0.25) is 4.79 Å². The Balaban J connectivity index is 1.94. The zero-order chi connectivity index (χ0) is 23.0. The molecule has 0 radical (unpaired) electrons. The number of esters is 1. The van der Waals surface area contributed by atoms with Gasteiger partial charge in [0.2, 0.25) is 6.29 Å². The third kappa shape index (κ3) is 7.79. The number of aromatic nitrogens is 1. The number of rotatable bonds is 11. The molecule has 8 nitrogen and oxygen atoms in total. The number of nitrogens with one attached hydrogen (secondary N) is 2. The fraction of sp³-hybridized carbons (Fsp3) is 0.565. The lowest BCUT2D eigenvalue weighted by Crippen LogP contribution is -2.44. The number of carbonyl (C=O) groups is 2. The van der Waals surface area contributed by atoms with Crippen LogP contribution in [0.2, 0.25) is 0 Å². The fourth-order valence-electron chi connectivity index (χ4n) is 3.23. The molecule has 0 aliphatic rings. The van der Waals surface area contributed by atoms with Crippen molar-refractivity contribution in [2.24, 2.45) is 0 Å². The lowest BCUT2D eigenvalue weighted by molar-refractivity contribution is -0.161. The maximum absolute atomic E-state index is 12.3. The second-order valence-corrected chi connectivity index (χ2v) is 8.45. The molecule has 0 spiro atoms. The van der Waals surface area contributed by atoms with Crippen LogP contribution in [0, 0.1) is 0 Å². The van der Waals surface area contributed by atoms with Crippen molar-refractivity contribution >= 4 is 23.0 Å². The Morgan fingerprint density at radius 3 is 2.68 bits per heavy atom. The van der Waals surface area contributed by atoms with Gasteiger partial charge in [-0.25, -0.2) is 4.79 Å². The van der Waals surface area contributed by atoms with Gasteiger partial charge in [0, 0.05) is 42.5 Å². The topological polar surface area (TPSA) is 92.9 Å². The normalized spacial score (nSPS) is 12.6.